The molecule has 0 amide bonds. The molecule has 2 heterocycles. The molecule has 0 aliphatic carbocycles. The minimum atomic E-state index is -0.0143. The first-order chi connectivity index (χ1) is 11.2. The zero-order valence-electron chi connectivity index (χ0n) is 13.4. The van der Waals surface area contributed by atoms with E-state index in [0.29, 0.717) is 18.3 Å². The predicted octanol–water partition coefficient (Wildman–Crippen LogP) is 3.53. The van der Waals surface area contributed by atoms with Gasteiger partial charge in [-0.2, -0.15) is 0 Å². The molecule has 3 rings (SSSR count). The van der Waals surface area contributed by atoms with Crippen molar-refractivity contribution in [2.45, 2.75) is 19.5 Å². The quantitative estimate of drug-likeness (QED) is 0.693. The Bertz CT molecular complexity index is 735. The third-order valence-electron chi connectivity index (χ3n) is 3.78. The fourth-order valence-corrected chi connectivity index (χ4v) is 2.23. The fraction of sp³-hybridized carbons (Fsp3) is 0.294. The van der Waals surface area contributed by atoms with Crippen molar-refractivity contribution >= 4 is 0 Å². The summed E-state index contributed by atoms with van der Waals surface area (Å²) in [5, 5.41) is 8.30. The normalized spacial score (nSPS) is 12.5. The van der Waals surface area contributed by atoms with Gasteiger partial charge in [0.1, 0.15) is 11.5 Å². The molecule has 0 bridgehead atoms. The number of ether oxygens (including phenoxy) is 1. The van der Waals surface area contributed by atoms with Crippen LogP contribution in [-0.4, -0.2) is 29.3 Å². The maximum atomic E-state index is 5.81. The van der Waals surface area contributed by atoms with Crippen molar-refractivity contribution in [1.82, 2.24) is 15.1 Å². The minimum Gasteiger partial charge on any atom is -0.497 e. The topological polar surface area (TPSA) is 64.5 Å². The average molecular weight is 313 g/mol. The minimum absolute atomic E-state index is 0.0143. The van der Waals surface area contributed by atoms with E-state index in [1.165, 1.54) is 0 Å². The van der Waals surface area contributed by atoms with Gasteiger partial charge in [0.25, 0.3) is 0 Å². The summed E-state index contributed by atoms with van der Waals surface area (Å²) in [4.78, 5) is 2.09. The van der Waals surface area contributed by atoms with Gasteiger partial charge in [0.05, 0.1) is 26.0 Å². The Kier molecular flexibility index (Phi) is 4.43. The second kappa shape index (κ2) is 6.66. The lowest BCUT2D eigenvalue weighted by Gasteiger charge is -2.20. The summed E-state index contributed by atoms with van der Waals surface area (Å²) < 4.78 is 16.3. The maximum absolute atomic E-state index is 5.81. The fourth-order valence-electron chi connectivity index (χ4n) is 2.23. The highest BCUT2D eigenvalue weighted by Crippen LogP contribution is 2.25. The van der Waals surface area contributed by atoms with E-state index in [-0.39, 0.29) is 6.04 Å². The van der Waals surface area contributed by atoms with Gasteiger partial charge in [0, 0.05) is 5.56 Å². The van der Waals surface area contributed by atoms with E-state index in [1.54, 1.807) is 13.4 Å². The Morgan fingerprint density at radius 2 is 1.96 bits per heavy atom. The van der Waals surface area contributed by atoms with Crippen LogP contribution in [0.5, 0.6) is 5.75 Å². The molecule has 6 heteroatoms. The van der Waals surface area contributed by atoms with Crippen LogP contribution in [0.2, 0.25) is 0 Å². The van der Waals surface area contributed by atoms with Crippen molar-refractivity contribution in [2.24, 2.45) is 0 Å². The molecule has 0 fully saturated rings. The van der Waals surface area contributed by atoms with Gasteiger partial charge in [-0.3, -0.25) is 4.90 Å². The van der Waals surface area contributed by atoms with E-state index >= 15 is 0 Å². The summed E-state index contributed by atoms with van der Waals surface area (Å²) in [5.74, 6) is 2.76. The molecule has 0 aliphatic rings. The SMILES string of the molecule is COc1ccc(-c2nnc(C(C)N(C)Cc3ccco3)o2)cc1. The van der Waals surface area contributed by atoms with Crippen LogP contribution in [0, 0.1) is 0 Å². The van der Waals surface area contributed by atoms with Crippen LogP contribution in [0.25, 0.3) is 11.5 Å². The largest absolute Gasteiger partial charge is 0.497 e. The van der Waals surface area contributed by atoms with Crippen molar-refractivity contribution in [3.05, 3.63) is 54.3 Å². The van der Waals surface area contributed by atoms with E-state index in [1.807, 2.05) is 50.4 Å². The lowest BCUT2D eigenvalue weighted by molar-refractivity contribution is 0.203. The summed E-state index contributed by atoms with van der Waals surface area (Å²) in [6.45, 7) is 2.70. The number of hydrogen-bond donors (Lipinski definition) is 0. The Morgan fingerprint density at radius 3 is 2.61 bits per heavy atom. The van der Waals surface area contributed by atoms with Gasteiger partial charge in [0.2, 0.25) is 11.8 Å². The van der Waals surface area contributed by atoms with Crippen molar-refractivity contribution in [3.8, 4) is 17.2 Å². The summed E-state index contributed by atoms with van der Waals surface area (Å²) in [6, 6.07) is 11.3. The lowest BCUT2D eigenvalue weighted by Crippen LogP contribution is -2.21. The Hall–Kier alpha value is -2.60. The Balaban J connectivity index is 1.72. The molecule has 0 radical (unpaired) electrons. The van der Waals surface area contributed by atoms with Crippen molar-refractivity contribution in [3.63, 3.8) is 0 Å². The van der Waals surface area contributed by atoms with E-state index in [4.69, 9.17) is 13.6 Å². The van der Waals surface area contributed by atoms with Gasteiger partial charge in [0.15, 0.2) is 0 Å². The zero-order valence-corrected chi connectivity index (χ0v) is 13.4. The molecule has 120 valence electrons. The van der Waals surface area contributed by atoms with Crippen LogP contribution in [0.4, 0.5) is 0 Å². The third kappa shape index (κ3) is 3.43. The van der Waals surface area contributed by atoms with Crippen LogP contribution in [0.1, 0.15) is 24.6 Å². The van der Waals surface area contributed by atoms with E-state index < -0.39 is 0 Å². The second-order valence-electron chi connectivity index (χ2n) is 5.34. The molecule has 23 heavy (non-hydrogen) atoms. The molecule has 0 aliphatic heterocycles. The van der Waals surface area contributed by atoms with Crippen LogP contribution in [0.15, 0.2) is 51.5 Å². The molecule has 1 unspecified atom stereocenters. The van der Waals surface area contributed by atoms with Crippen LogP contribution in [0.3, 0.4) is 0 Å². The number of benzene rings is 1. The molecule has 0 saturated carbocycles. The standard InChI is InChI=1S/C17H19N3O3/c1-12(20(2)11-15-5-4-10-22-15)16-18-19-17(23-16)13-6-8-14(21-3)9-7-13/h4-10,12H,11H2,1-3H3. The molecule has 0 saturated heterocycles. The third-order valence-corrected chi connectivity index (χ3v) is 3.78. The van der Waals surface area contributed by atoms with Crippen LogP contribution in [-0.2, 0) is 6.54 Å². The summed E-state index contributed by atoms with van der Waals surface area (Å²) >= 11 is 0. The smallest absolute Gasteiger partial charge is 0.247 e. The van der Waals surface area contributed by atoms with Crippen LogP contribution < -0.4 is 4.74 Å². The number of aromatic nitrogens is 2. The van der Waals surface area contributed by atoms with Gasteiger partial charge in [-0.25, -0.2) is 0 Å². The first-order valence-corrected chi connectivity index (χ1v) is 7.38. The first-order valence-electron chi connectivity index (χ1n) is 7.38. The maximum Gasteiger partial charge on any atom is 0.247 e. The number of nitrogens with zero attached hydrogens (tertiary/aromatic N) is 3. The van der Waals surface area contributed by atoms with Gasteiger partial charge in [-0.15, -0.1) is 10.2 Å². The van der Waals surface area contributed by atoms with Gasteiger partial charge in [-0.05, 0) is 50.4 Å². The average Bonchev–Trinajstić information content (AvgIpc) is 3.26. The molecule has 1 aromatic carbocycles. The highest BCUT2D eigenvalue weighted by atomic mass is 16.5. The van der Waals surface area contributed by atoms with Gasteiger partial charge >= 0.3 is 0 Å². The number of furan rings is 1. The van der Waals surface area contributed by atoms with Crippen molar-refractivity contribution < 1.29 is 13.6 Å². The lowest BCUT2D eigenvalue weighted by atomic mass is 10.2. The predicted molar refractivity (Wildman–Crippen MR) is 84.9 cm³/mol. The molecule has 3 aromatic rings. The Morgan fingerprint density at radius 1 is 1.17 bits per heavy atom. The van der Waals surface area contributed by atoms with Gasteiger partial charge in [-0.1, -0.05) is 0 Å². The number of rotatable bonds is 6. The van der Waals surface area contributed by atoms with Crippen molar-refractivity contribution in [2.75, 3.05) is 14.2 Å². The molecule has 1 atom stereocenters. The highest BCUT2D eigenvalue weighted by Gasteiger charge is 2.20. The van der Waals surface area contributed by atoms with E-state index in [0.717, 1.165) is 17.1 Å². The highest BCUT2D eigenvalue weighted by molar-refractivity contribution is 5.53. The molecular formula is C17H19N3O3. The van der Waals surface area contributed by atoms with Crippen LogP contribution >= 0.6 is 0 Å². The molecular weight excluding hydrogens is 294 g/mol. The molecule has 0 N–H and O–H groups in total. The molecule has 2 aromatic heterocycles. The Labute approximate surface area is 134 Å². The molecule has 6 nitrogen and oxygen atoms in total. The summed E-state index contributed by atoms with van der Waals surface area (Å²) in [7, 11) is 3.63. The second-order valence-corrected chi connectivity index (χ2v) is 5.34. The summed E-state index contributed by atoms with van der Waals surface area (Å²) in [6.07, 6.45) is 1.67. The van der Waals surface area contributed by atoms with Gasteiger partial charge < -0.3 is 13.6 Å². The van der Waals surface area contributed by atoms with Crippen molar-refractivity contribution in [1.29, 1.82) is 0 Å². The molecule has 0 spiro atoms. The monoisotopic (exact) mass is 313 g/mol. The number of methoxy groups -OCH3 is 1. The first kappa shape index (κ1) is 15.3. The van der Waals surface area contributed by atoms with E-state index in [9.17, 15) is 0 Å². The summed E-state index contributed by atoms with van der Waals surface area (Å²) in [5.41, 5.74) is 0.866. The van der Waals surface area contributed by atoms with E-state index in [2.05, 4.69) is 15.1 Å². The zero-order chi connectivity index (χ0) is 16.2. The number of hydrogen-bond acceptors (Lipinski definition) is 6.